The Morgan fingerprint density at radius 1 is 1.15 bits per heavy atom. The Hall–Kier alpha value is -2.38. The van der Waals surface area contributed by atoms with Crippen molar-refractivity contribution in [3.63, 3.8) is 0 Å². The summed E-state index contributed by atoms with van der Waals surface area (Å²) in [6.45, 7) is 3.54. The second-order valence-electron chi connectivity index (χ2n) is 4.06. The van der Waals surface area contributed by atoms with Crippen molar-refractivity contribution in [1.29, 1.82) is 0 Å². The number of hydrogen-bond acceptors (Lipinski definition) is 8. The van der Waals surface area contributed by atoms with Gasteiger partial charge in [-0.2, -0.15) is 4.98 Å². The van der Waals surface area contributed by atoms with E-state index in [9.17, 15) is 0 Å². The molecule has 0 aliphatic rings. The van der Waals surface area contributed by atoms with Gasteiger partial charge in [-0.25, -0.2) is 9.97 Å². The third-order valence-corrected chi connectivity index (χ3v) is 2.60. The van der Waals surface area contributed by atoms with Crippen LogP contribution in [-0.2, 0) is 6.42 Å². The van der Waals surface area contributed by atoms with E-state index in [2.05, 4.69) is 42.2 Å². The van der Waals surface area contributed by atoms with Crippen molar-refractivity contribution in [3.8, 4) is 5.75 Å². The molecule has 0 saturated heterocycles. The molecule has 8 heteroatoms. The van der Waals surface area contributed by atoms with Gasteiger partial charge in [0.05, 0.1) is 7.11 Å². The van der Waals surface area contributed by atoms with Crippen LogP contribution in [-0.4, -0.2) is 40.3 Å². The van der Waals surface area contributed by atoms with Gasteiger partial charge in [-0.3, -0.25) is 0 Å². The minimum Gasteiger partial charge on any atom is -0.490 e. The first-order valence-electron chi connectivity index (χ1n) is 6.47. The Morgan fingerprint density at radius 3 is 2.50 bits per heavy atom. The van der Waals surface area contributed by atoms with Gasteiger partial charge >= 0.3 is 0 Å². The predicted molar refractivity (Wildman–Crippen MR) is 73.9 cm³/mol. The molecule has 2 rings (SSSR count). The van der Waals surface area contributed by atoms with Crippen molar-refractivity contribution in [2.24, 2.45) is 0 Å². The summed E-state index contributed by atoms with van der Waals surface area (Å²) in [6, 6.07) is 0. The van der Waals surface area contributed by atoms with Gasteiger partial charge in [-0.15, -0.1) is 0 Å². The van der Waals surface area contributed by atoms with Gasteiger partial charge in [-0.1, -0.05) is 12.1 Å². The predicted octanol–water partition coefficient (Wildman–Crippen LogP) is 1.34. The average Bonchev–Trinajstić information content (AvgIpc) is 2.98. The van der Waals surface area contributed by atoms with Crippen molar-refractivity contribution < 1.29 is 9.26 Å². The molecule has 0 saturated carbocycles. The fourth-order valence-corrected chi connectivity index (χ4v) is 1.66. The maximum absolute atomic E-state index is 5.36. The number of methoxy groups -OCH3 is 1. The van der Waals surface area contributed by atoms with Gasteiger partial charge < -0.3 is 19.9 Å². The van der Waals surface area contributed by atoms with Crippen LogP contribution >= 0.6 is 0 Å². The first kappa shape index (κ1) is 14.0. The first-order chi connectivity index (χ1) is 9.85. The summed E-state index contributed by atoms with van der Waals surface area (Å²) in [6.07, 6.45) is 4.46. The zero-order chi connectivity index (χ0) is 14.2. The van der Waals surface area contributed by atoms with E-state index in [0.29, 0.717) is 36.2 Å². The SMILES string of the molecule is CCCNc1ncnc(NCCc2ncon2)c1OC. The lowest BCUT2D eigenvalue weighted by atomic mass is 10.4. The van der Waals surface area contributed by atoms with Crippen LogP contribution in [0.3, 0.4) is 0 Å². The van der Waals surface area contributed by atoms with Crippen LogP contribution < -0.4 is 15.4 Å². The van der Waals surface area contributed by atoms with E-state index in [1.807, 2.05) is 0 Å². The fraction of sp³-hybridized carbons (Fsp3) is 0.500. The molecule has 108 valence electrons. The Balaban J connectivity index is 1.99. The van der Waals surface area contributed by atoms with E-state index < -0.39 is 0 Å². The number of hydrogen-bond donors (Lipinski definition) is 2. The third kappa shape index (κ3) is 3.56. The minimum atomic E-state index is 0.606. The molecule has 0 fully saturated rings. The molecule has 0 amide bonds. The summed E-state index contributed by atoms with van der Waals surface area (Å²) in [5.74, 6) is 2.58. The third-order valence-electron chi connectivity index (χ3n) is 2.60. The second kappa shape index (κ2) is 7.27. The quantitative estimate of drug-likeness (QED) is 0.746. The zero-order valence-corrected chi connectivity index (χ0v) is 11.6. The van der Waals surface area contributed by atoms with Gasteiger partial charge in [0.2, 0.25) is 12.1 Å². The van der Waals surface area contributed by atoms with Crippen LogP contribution in [0.2, 0.25) is 0 Å². The van der Waals surface area contributed by atoms with Crippen LogP contribution in [0.15, 0.2) is 17.2 Å². The first-order valence-corrected chi connectivity index (χ1v) is 6.47. The van der Waals surface area contributed by atoms with Crippen LogP contribution in [0.4, 0.5) is 11.6 Å². The summed E-state index contributed by atoms with van der Waals surface area (Å²) in [7, 11) is 1.60. The molecule has 2 heterocycles. The summed E-state index contributed by atoms with van der Waals surface area (Å²) < 4.78 is 10.0. The van der Waals surface area contributed by atoms with E-state index in [4.69, 9.17) is 4.74 Å². The minimum absolute atomic E-state index is 0.606. The molecule has 20 heavy (non-hydrogen) atoms. The summed E-state index contributed by atoms with van der Waals surface area (Å²) in [4.78, 5) is 12.3. The van der Waals surface area contributed by atoms with Crippen LogP contribution in [0, 0.1) is 0 Å². The maximum Gasteiger partial charge on any atom is 0.213 e. The molecule has 2 aromatic rings. The molecule has 0 atom stereocenters. The lowest BCUT2D eigenvalue weighted by molar-refractivity contribution is 0.410. The molecule has 2 N–H and O–H groups in total. The van der Waals surface area contributed by atoms with Crippen molar-refractivity contribution in [1.82, 2.24) is 20.1 Å². The van der Waals surface area contributed by atoms with E-state index in [1.165, 1.54) is 12.7 Å². The topological polar surface area (TPSA) is 98.0 Å². The van der Waals surface area contributed by atoms with Crippen molar-refractivity contribution in [2.45, 2.75) is 19.8 Å². The fourth-order valence-electron chi connectivity index (χ4n) is 1.66. The number of nitrogens with one attached hydrogen (secondary N) is 2. The number of nitrogens with zero attached hydrogens (tertiary/aromatic N) is 4. The van der Waals surface area contributed by atoms with E-state index >= 15 is 0 Å². The van der Waals surface area contributed by atoms with Gasteiger partial charge in [0, 0.05) is 19.5 Å². The highest BCUT2D eigenvalue weighted by atomic mass is 16.5. The maximum atomic E-state index is 5.36. The normalized spacial score (nSPS) is 10.3. The smallest absolute Gasteiger partial charge is 0.213 e. The molecular formula is C12H18N6O2. The van der Waals surface area contributed by atoms with Crippen molar-refractivity contribution in [2.75, 3.05) is 30.8 Å². The molecule has 0 aliphatic carbocycles. The van der Waals surface area contributed by atoms with Crippen LogP contribution in [0.1, 0.15) is 19.2 Å². The highest BCUT2D eigenvalue weighted by Crippen LogP contribution is 2.28. The van der Waals surface area contributed by atoms with E-state index in [0.717, 1.165) is 13.0 Å². The highest BCUT2D eigenvalue weighted by molar-refractivity contribution is 5.63. The molecule has 0 spiro atoms. The Labute approximate surface area is 117 Å². The van der Waals surface area contributed by atoms with E-state index in [1.54, 1.807) is 7.11 Å². The average molecular weight is 278 g/mol. The standard InChI is InChI=1S/C12H18N6O2/c1-3-5-13-11-10(19-2)12(16-7-15-11)14-6-4-9-17-8-20-18-9/h7-8H,3-6H2,1-2H3,(H2,13,14,15,16). The van der Waals surface area contributed by atoms with Crippen molar-refractivity contribution >= 4 is 11.6 Å². The van der Waals surface area contributed by atoms with Gasteiger partial charge in [0.25, 0.3) is 0 Å². The number of aromatic nitrogens is 4. The molecule has 2 aromatic heterocycles. The molecule has 0 aromatic carbocycles. The summed E-state index contributed by atoms with van der Waals surface area (Å²) >= 11 is 0. The van der Waals surface area contributed by atoms with Crippen LogP contribution in [0.5, 0.6) is 5.75 Å². The Morgan fingerprint density at radius 2 is 1.90 bits per heavy atom. The molecule has 8 nitrogen and oxygen atoms in total. The van der Waals surface area contributed by atoms with Crippen LogP contribution in [0.25, 0.3) is 0 Å². The number of rotatable bonds is 8. The van der Waals surface area contributed by atoms with Crippen molar-refractivity contribution in [3.05, 3.63) is 18.5 Å². The second-order valence-corrected chi connectivity index (χ2v) is 4.06. The largest absolute Gasteiger partial charge is 0.490 e. The van der Waals surface area contributed by atoms with Gasteiger partial charge in [-0.05, 0) is 6.42 Å². The summed E-state index contributed by atoms with van der Waals surface area (Å²) in [5.41, 5.74) is 0. The molecule has 0 unspecified atom stereocenters. The monoisotopic (exact) mass is 278 g/mol. The molecule has 0 aliphatic heterocycles. The molecular weight excluding hydrogens is 260 g/mol. The molecule has 0 bridgehead atoms. The van der Waals surface area contributed by atoms with Gasteiger partial charge in [0.15, 0.2) is 17.5 Å². The van der Waals surface area contributed by atoms with Gasteiger partial charge in [0.1, 0.15) is 6.33 Å². The lowest BCUT2D eigenvalue weighted by Crippen LogP contribution is -2.11. The lowest BCUT2D eigenvalue weighted by Gasteiger charge is -2.13. The Bertz CT molecular complexity index is 517. The molecule has 0 radical (unpaired) electrons. The number of anilines is 2. The summed E-state index contributed by atoms with van der Waals surface area (Å²) in [5, 5.41) is 10.1. The Kier molecular flexibility index (Phi) is 5.10. The zero-order valence-electron chi connectivity index (χ0n) is 11.6. The number of ether oxygens (including phenoxy) is 1. The van der Waals surface area contributed by atoms with E-state index in [-0.39, 0.29) is 0 Å². The highest BCUT2D eigenvalue weighted by Gasteiger charge is 2.11.